The monoisotopic (exact) mass is 295 g/mol. The molecule has 2 fully saturated rings. The van der Waals surface area contributed by atoms with E-state index in [4.69, 9.17) is 18.9 Å². The average Bonchev–Trinajstić information content (AvgIpc) is 3.04. The first-order valence-corrected chi connectivity index (χ1v) is 6.85. The lowest BCUT2D eigenvalue weighted by Crippen LogP contribution is -2.66. The third-order valence-corrected chi connectivity index (χ3v) is 3.71. The van der Waals surface area contributed by atoms with Crippen LogP contribution in [0.4, 0.5) is 10.5 Å². The standard InChI is InChI=1S/C14H18N2O5/c1-18-9-4-2-8(3-5-9)16-14(17)21-11-7-20-12-10(15)6-19-13(11)12/h2-5,10-13H,6-7,15H2,1H3,(H,16,17)/p+1/t10-,11+,12+,13+/m0/s1. The number of rotatable bonds is 3. The molecule has 0 bridgehead atoms. The molecule has 7 heteroatoms. The Kier molecular flexibility index (Phi) is 3.96. The van der Waals surface area contributed by atoms with Crippen molar-refractivity contribution in [2.75, 3.05) is 25.6 Å². The van der Waals surface area contributed by atoms with Crippen LogP contribution in [-0.4, -0.2) is 50.8 Å². The van der Waals surface area contributed by atoms with Crippen molar-refractivity contribution in [3.63, 3.8) is 0 Å². The summed E-state index contributed by atoms with van der Waals surface area (Å²) in [4.78, 5) is 11.9. The molecule has 0 radical (unpaired) electrons. The smallest absolute Gasteiger partial charge is 0.412 e. The number of anilines is 1. The van der Waals surface area contributed by atoms with Gasteiger partial charge in [0.1, 0.15) is 30.6 Å². The zero-order valence-corrected chi connectivity index (χ0v) is 11.8. The van der Waals surface area contributed by atoms with E-state index >= 15 is 0 Å². The van der Waals surface area contributed by atoms with Crippen LogP contribution in [-0.2, 0) is 14.2 Å². The fourth-order valence-corrected chi connectivity index (χ4v) is 2.60. The maximum Gasteiger partial charge on any atom is 0.412 e. The van der Waals surface area contributed by atoms with Gasteiger partial charge in [0.25, 0.3) is 0 Å². The molecule has 21 heavy (non-hydrogen) atoms. The summed E-state index contributed by atoms with van der Waals surface area (Å²) < 4.78 is 21.6. The molecule has 2 heterocycles. The van der Waals surface area contributed by atoms with Crippen molar-refractivity contribution in [2.24, 2.45) is 0 Å². The maximum atomic E-state index is 11.9. The Hall–Kier alpha value is -1.83. The van der Waals surface area contributed by atoms with Gasteiger partial charge in [0.2, 0.25) is 0 Å². The Morgan fingerprint density at radius 2 is 1.95 bits per heavy atom. The summed E-state index contributed by atoms with van der Waals surface area (Å²) in [5.74, 6) is 0.724. The Morgan fingerprint density at radius 1 is 1.24 bits per heavy atom. The van der Waals surface area contributed by atoms with Gasteiger partial charge in [-0.2, -0.15) is 0 Å². The van der Waals surface area contributed by atoms with Crippen LogP contribution < -0.4 is 15.8 Å². The van der Waals surface area contributed by atoms with Gasteiger partial charge in [-0.15, -0.1) is 0 Å². The summed E-state index contributed by atoms with van der Waals surface area (Å²) in [6, 6.07) is 7.10. The van der Waals surface area contributed by atoms with E-state index in [-0.39, 0.29) is 24.4 Å². The van der Waals surface area contributed by atoms with Crippen molar-refractivity contribution in [3.05, 3.63) is 24.3 Å². The molecule has 0 saturated carbocycles. The summed E-state index contributed by atoms with van der Waals surface area (Å²) in [7, 11) is 1.59. The Labute approximate surface area is 122 Å². The summed E-state index contributed by atoms with van der Waals surface area (Å²) in [6.07, 6.45) is -1.21. The minimum atomic E-state index is -0.523. The number of hydrogen-bond acceptors (Lipinski definition) is 5. The highest BCUT2D eigenvalue weighted by molar-refractivity contribution is 5.84. The second-order valence-electron chi connectivity index (χ2n) is 5.15. The summed E-state index contributed by atoms with van der Waals surface area (Å²) in [6.45, 7) is 0.882. The number of methoxy groups -OCH3 is 1. The van der Waals surface area contributed by atoms with Gasteiger partial charge in [0, 0.05) is 5.69 Å². The molecule has 0 aliphatic carbocycles. The molecule has 1 aromatic rings. The number of fused-ring (bicyclic) bond motifs is 1. The normalized spacial score (nSPS) is 30.8. The number of hydrogen-bond donors (Lipinski definition) is 2. The fraction of sp³-hybridized carbons (Fsp3) is 0.500. The van der Waals surface area contributed by atoms with E-state index in [1.54, 1.807) is 31.4 Å². The van der Waals surface area contributed by atoms with Crippen LogP contribution in [0.2, 0.25) is 0 Å². The summed E-state index contributed by atoms with van der Waals surface area (Å²) >= 11 is 0. The Balaban J connectivity index is 1.54. The number of nitrogens with one attached hydrogen (secondary N) is 1. The molecule has 2 aliphatic heterocycles. The number of carbonyl (C=O) groups is 1. The molecule has 0 aromatic heterocycles. The minimum Gasteiger partial charge on any atom is -0.497 e. The molecular formula is C14H19N2O5+. The highest BCUT2D eigenvalue weighted by Crippen LogP contribution is 2.27. The van der Waals surface area contributed by atoms with E-state index in [9.17, 15) is 4.79 Å². The summed E-state index contributed by atoms with van der Waals surface area (Å²) in [5, 5.41) is 2.67. The first-order chi connectivity index (χ1) is 10.2. The van der Waals surface area contributed by atoms with Crippen LogP contribution in [0.3, 0.4) is 0 Å². The van der Waals surface area contributed by atoms with E-state index in [0.29, 0.717) is 18.9 Å². The predicted octanol–water partition coefficient (Wildman–Crippen LogP) is 0.0204. The van der Waals surface area contributed by atoms with Crippen LogP contribution in [0, 0.1) is 0 Å². The molecule has 2 aliphatic rings. The molecule has 2 saturated heterocycles. The zero-order valence-electron chi connectivity index (χ0n) is 11.8. The minimum absolute atomic E-state index is 0.0798. The number of amides is 1. The van der Waals surface area contributed by atoms with Crippen molar-refractivity contribution in [3.8, 4) is 5.75 Å². The van der Waals surface area contributed by atoms with Crippen molar-refractivity contribution < 1.29 is 29.5 Å². The average molecular weight is 295 g/mol. The van der Waals surface area contributed by atoms with Gasteiger partial charge in [0.15, 0.2) is 6.10 Å². The molecule has 1 amide bonds. The topological polar surface area (TPSA) is 93.7 Å². The van der Waals surface area contributed by atoms with Gasteiger partial charge in [-0.3, -0.25) is 5.32 Å². The van der Waals surface area contributed by atoms with E-state index in [2.05, 4.69) is 11.1 Å². The van der Waals surface area contributed by atoms with E-state index in [1.165, 1.54) is 0 Å². The number of benzene rings is 1. The van der Waals surface area contributed by atoms with Crippen LogP contribution in [0.1, 0.15) is 0 Å². The van der Waals surface area contributed by atoms with Gasteiger partial charge in [-0.05, 0) is 24.3 Å². The number of ether oxygens (including phenoxy) is 4. The van der Waals surface area contributed by atoms with Gasteiger partial charge in [0.05, 0.1) is 13.7 Å². The molecule has 4 N–H and O–H groups in total. The third kappa shape index (κ3) is 2.94. The van der Waals surface area contributed by atoms with Crippen molar-refractivity contribution in [1.29, 1.82) is 0 Å². The van der Waals surface area contributed by atoms with Gasteiger partial charge in [-0.25, -0.2) is 4.79 Å². The zero-order chi connectivity index (χ0) is 14.8. The van der Waals surface area contributed by atoms with Crippen molar-refractivity contribution in [1.82, 2.24) is 0 Å². The van der Waals surface area contributed by atoms with Crippen LogP contribution in [0.5, 0.6) is 5.75 Å². The first kappa shape index (κ1) is 14.1. The molecular weight excluding hydrogens is 276 g/mol. The number of carbonyl (C=O) groups excluding carboxylic acids is 1. The lowest BCUT2D eigenvalue weighted by molar-refractivity contribution is -0.430. The lowest BCUT2D eigenvalue weighted by atomic mass is 10.1. The predicted molar refractivity (Wildman–Crippen MR) is 73.0 cm³/mol. The third-order valence-electron chi connectivity index (χ3n) is 3.71. The van der Waals surface area contributed by atoms with Gasteiger partial charge >= 0.3 is 6.09 Å². The molecule has 4 atom stereocenters. The Morgan fingerprint density at radius 3 is 2.67 bits per heavy atom. The second-order valence-corrected chi connectivity index (χ2v) is 5.15. The van der Waals surface area contributed by atoms with E-state index in [1.807, 2.05) is 0 Å². The molecule has 7 nitrogen and oxygen atoms in total. The summed E-state index contributed by atoms with van der Waals surface area (Å²) in [5.41, 5.74) is 4.60. The van der Waals surface area contributed by atoms with Gasteiger partial charge < -0.3 is 24.7 Å². The second kappa shape index (κ2) is 5.88. The molecule has 0 unspecified atom stereocenters. The van der Waals surface area contributed by atoms with Crippen LogP contribution in [0.25, 0.3) is 0 Å². The largest absolute Gasteiger partial charge is 0.497 e. The molecule has 0 spiro atoms. The fourth-order valence-electron chi connectivity index (χ4n) is 2.60. The quantitative estimate of drug-likeness (QED) is 0.820. The van der Waals surface area contributed by atoms with Gasteiger partial charge in [-0.1, -0.05) is 0 Å². The maximum absolute atomic E-state index is 11.9. The number of quaternary nitrogens is 1. The molecule has 1 aromatic carbocycles. The molecule has 114 valence electrons. The van der Waals surface area contributed by atoms with Crippen LogP contribution >= 0.6 is 0 Å². The SMILES string of the molecule is COc1ccc(NC(=O)O[C@@H]2CO[C@H]3[C@@H]2OC[C@@H]3[NH3+])cc1. The van der Waals surface area contributed by atoms with Crippen LogP contribution in [0.15, 0.2) is 24.3 Å². The van der Waals surface area contributed by atoms with Crippen molar-refractivity contribution in [2.45, 2.75) is 24.4 Å². The van der Waals surface area contributed by atoms with E-state index < -0.39 is 6.09 Å². The van der Waals surface area contributed by atoms with E-state index in [0.717, 1.165) is 5.75 Å². The highest BCUT2D eigenvalue weighted by atomic mass is 16.6. The lowest BCUT2D eigenvalue weighted by Gasteiger charge is -2.16. The highest BCUT2D eigenvalue weighted by Gasteiger charge is 2.50. The van der Waals surface area contributed by atoms with Crippen molar-refractivity contribution >= 4 is 11.8 Å². The first-order valence-electron chi connectivity index (χ1n) is 6.85. The Bertz CT molecular complexity index is 507. The molecule has 3 rings (SSSR count).